The molecule has 0 saturated carbocycles. The zero-order valence-electron chi connectivity index (χ0n) is 11.5. The van der Waals surface area contributed by atoms with Crippen LogP contribution in [0.3, 0.4) is 0 Å². The quantitative estimate of drug-likeness (QED) is 0.864. The lowest BCUT2D eigenvalue weighted by Crippen LogP contribution is -2.22. The van der Waals surface area contributed by atoms with E-state index >= 15 is 0 Å². The third kappa shape index (κ3) is 4.05. The lowest BCUT2D eigenvalue weighted by atomic mass is 10.3. The van der Waals surface area contributed by atoms with Gasteiger partial charge in [-0.05, 0) is 27.2 Å². The predicted molar refractivity (Wildman–Crippen MR) is 76.2 cm³/mol. The first-order valence-corrected chi connectivity index (χ1v) is 8.25. The van der Waals surface area contributed by atoms with Crippen molar-refractivity contribution >= 4 is 21.6 Å². The molecule has 1 atom stereocenters. The monoisotopic (exact) mass is 284 g/mol. The topological polar surface area (TPSA) is 84.0 Å². The normalized spacial score (nSPS) is 21.6. The number of hydrogen-bond donors (Lipinski definition) is 2. The summed E-state index contributed by atoms with van der Waals surface area (Å²) in [6, 6.07) is 2.07. The smallest absolute Gasteiger partial charge is 0.225 e. The van der Waals surface area contributed by atoms with Gasteiger partial charge in [0.15, 0.2) is 9.84 Å². The van der Waals surface area contributed by atoms with Crippen molar-refractivity contribution in [3.8, 4) is 0 Å². The lowest BCUT2D eigenvalue weighted by Gasteiger charge is -2.14. The summed E-state index contributed by atoms with van der Waals surface area (Å²) < 4.78 is 22.8. The minimum Gasteiger partial charge on any atom is -0.368 e. The molecule has 1 unspecified atom stereocenters. The summed E-state index contributed by atoms with van der Waals surface area (Å²) in [7, 11) is -2.89. The SMILES string of the molecule is Cc1cc(NC(C)C)nc(NC2CCS(=O)(=O)C2)n1. The number of rotatable bonds is 4. The van der Waals surface area contributed by atoms with Crippen LogP contribution in [0.15, 0.2) is 6.07 Å². The summed E-state index contributed by atoms with van der Waals surface area (Å²) in [6.45, 7) is 5.96. The Hall–Kier alpha value is -1.37. The molecule has 1 aromatic rings. The summed E-state index contributed by atoms with van der Waals surface area (Å²) in [5, 5.41) is 6.33. The van der Waals surface area contributed by atoms with E-state index in [-0.39, 0.29) is 23.6 Å². The van der Waals surface area contributed by atoms with Crippen molar-refractivity contribution in [2.24, 2.45) is 0 Å². The molecular weight excluding hydrogens is 264 g/mol. The summed E-state index contributed by atoms with van der Waals surface area (Å²) in [6.07, 6.45) is 0.618. The Kier molecular flexibility index (Phi) is 3.93. The van der Waals surface area contributed by atoms with Crippen molar-refractivity contribution in [1.29, 1.82) is 0 Å². The second kappa shape index (κ2) is 5.32. The van der Waals surface area contributed by atoms with Gasteiger partial charge in [0, 0.05) is 23.8 Å². The van der Waals surface area contributed by atoms with Gasteiger partial charge in [0.1, 0.15) is 5.82 Å². The third-order valence-corrected chi connectivity index (χ3v) is 4.62. The number of anilines is 2. The number of sulfone groups is 1. The highest BCUT2D eigenvalue weighted by Gasteiger charge is 2.28. The molecule has 2 rings (SSSR count). The van der Waals surface area contributed by atoms with Gasteiger partial charge in [0.25, 0.3) is 0 Å². The van der Waals surface area contributed by atoms with Crippen LogP contribution >= 0.6 is 0 Å². The minimum absolute atomic E-state index is 0.0845. The molecule has 1 aliphatic heterocycles. The number of aromatic nitrogens is 2. The highest BCUT2D eigenvalue weighted by Crippen LogP contribution is 2.17. The second-order valence-electron chi connectivity index (χ2n) is 5.26. The Morgan fingerprint density at radius 3 is 2.68 bits per heavy atom. The largest absolute Gasteiger partial charge is 0.368 e. The molecule has 0 amide bonds. The summed E-state index contributed by atoms with van der Waals surface area (Å²) in [5.41, 5.74) is 0.849. The lowest BCUT2D eigenvalue weighted by molar-refractivity contribution is 0.602. The Labute approximate surface area is 114 Å². The van der Waals surface area contributed by atoms with E-state index in [1.54, 1.807) is 0 Å². The van der Waals surface area contributed by atoms with E-state index in [4.69, 9.17) is 0 Å². The Morgan fingerprint density at radius 1 is 1.37 bits per heavy atom. The molecule has 6 nitrogen and oxygen atoms in total. The van der Waals surface area contributed by atoms with Gasteiger partial charge in [-0.3, -0.25) is 0 Å². The van der Waals surface area contributed by atoms with Crippen molar-refractivity contribution in [2.75, 3.05) is 22.1 Å². The van der Waals surface area contributed by atoms with Gasteiger partial charge in [-0.2, -0.15) is 4.98 Å². The molecule has 0 aliphatic carbocycles. The van der Waals surface area contributed by atoms with Crippen LogP contribution in [0, 0.1) is 6.92 Å². The van der Waals surface area contributed by atoms with Crippen LogP contribution in [0.1, 0.15) is 26.0 Å². The van der Waals surface area contributed by atoms with E-state index in [1.165, 1.54) is 0 Å². The number of nitrogens with one attached hydrogen (secondary N) is 2. The van der Waals surface area contributed by atoms with E-state index in [0.29, 0.717) is 12.4 Å². The standard InChI is InChI=1S/C12H20N4O2S/c1-8(2)13-11-6-9(3)14-12(16-11)15-10-4-5-19(17,18)7-10/h6,8,10H,4-5,7H2,1-3H3,(H2,13,14,15,16). The fourth-order valence-electron chi connectivity index (χ4n) is 2.09. The van der Waals surface area contributed by atoms with Crippen molar-refractivity contribution in [3.63, 3.8) is 0 Å². The maximum absolute atomic E-state index is 11.4. The van der Waals surface area contributed by atoms with Crippen LogP contribution < -0.4 is 10.6 Å². The molecule has 0 spiro atoms. The molecule has 0 radical (unpaired) electrons. The molecule has 1 aromatic heterocycles. The van der Waals surface area contributed by atoms with E-state index in [2.05, 4.69) is 20.6 Å². The molecule has 0 bridgehead atoms. The second-order valence-corrected chi connectivity index (χ2v) is 7.49. The Morgan fingerprint density at radius 2 is 2.11 bits per heavy atom. The molecule has 0 aromatic carbocycles. The zero-order chi connectivity index (χ0) is 14.0. The molecule has 2 N–H and O–H groups in total. The van der Waals surface area contributed by atoms with E-state index in [0.717, 1.165) is 11.5 Å². The first-order valence-electron chi connectivity index (χ1n) is 6.43. The van der Waals surface area contributed by atoms with Crippen LogP contribution in [-0.4, -0.2) is 42.0 Å². The molecule has 106 valence electrons. The van der Waals surface area contributed by atoms with Crippen LogP contribution in [0.4, 0.5) is 11.8 Å². The van der Waals surface area contributed by atoms with E-state index < -0.39 is 9.84 Å². The number of hydrogen-bond acceptors (Lipinski definition) is 6. The van der Waals surface area contributed by atoms with E-state index in [9.17, 15) is 8.42 Å². The van der Waals surface area contributed by atoms with Gasteiger partial charge in [-0.15, -0.1) is 0 Å². The van der Waals surface area contributed by atoms with E-state index in [1.807, 2.05) is 26.8 Å². The molecule has 2 heterocycles. The summed E-state index contributed by atoms with van der Waals surface area (Å²) >= 11 is 0. The maximum atomic E-state index is 11.4. The third-order valence-electron chi connectivity index (χ3n) is 2.86. The highest BCUT2D eigenvalue weighted by atomic mass is 32.2. The van der Waals surface area contributed by atoms with Crippen molar-refractivity contribution < 1.29 is 8.42 Å². The Bertz CT molecular complexity index is 557. The van der Waals surface area contributed by atoms with Gasteiger partial charge in [-0.25, -0.2) is 13.4 Å². The average molecular weight is 284 g/mol. The fraction of sp³-hybridized carbons (Fsp3) is 0.667. The number of aryl methyl sites for hydroxylation is 1. The van der Waals surface area contributed by atoms with Gasteiger partial charge in [0.2, 0.25) is 5.95 Å². The Balaban J connectivity index is 2.10. The zero-order valence-corrected chi connectivity index (χ0v) is 12.3. The predicted octanol–water partition coefficient (Wildman–Crippen LogP) is 1.20. The van der Waals surface area contributed by atoms with Crippen LogP contribution in [-0.2, 0) is 9.84 Å². The molecule has 1 fully saturated rings. The van der Waals surface area contributed by atoms with Crippen LogP contribution in [0.25, 0.3) is 0 Å². The van der Waals surface area contributed by atoms with Crippen LogP contribution in [0.5, 0.6) is 0 Å². The van der Waals surface area contributed by atoms with Crippen molar-refractivity contribution in [1.82, 2.24) is 9.97 Å². The van der Waals surface area contributed by atoms with Gasteiger partial charge in [0.05, 0.1) is 11.5 Å². The average Bonchev–Trinajstić information content (AvgIpc) is 2.55. The number of nitrogens with zero attached hydrogens (tertiary/aromatic N) is 2. The minimum atomic E-state index is -2.89. The van der Waals surface area contributed by atoms with Gasteiger partial charge >= 0.3 is 0 Å². The molecule has 1 aliphatic rings. The first kappa shape index (κ1) is 14.0. The summed E-state index contributed by atoms with van der Waals surface area (Å²) in [5.74, 6) is 1.65. The highest BCUT2D eigenvalue weighted by molar-refractivity contribution is 7.91. The molecular formula is C12H20N4O2S. The molecule has 7 heteroatoms. The van der Waals surface area contributed by atoms with Crippen LogP contribution in [0.2, 0.25) is 0 Å². The van der Waals surface area contributed by atoms with Gasteiger partial charge in [-0.1, -0.05) is 0 Å². The van der Waals surface area contributed by atoms with Crippen molar-refractivity contribution in [3.05, 3.63) is 11.8 Å². The molecule has 1 saturated heterocycles. The maximum Gasteiger partial charge on any atom is 0.225 e. The first-order chi connectivity index (χ1) is 8.84. The van der Waals surface area contributed by atoms with Crippen molar-refractivity contribution in [2.45, 2.75) is 39.3 Å². The molecule has 19 heavy (non-hydrogen) atoms. The van der Waals surface area contributed by atoms with Gasteiger partial charge < -0.3 is 10.6 Å². The fourth-order valence-corrected chi connectivity index (χ4v) is 3.77. The summed E-state index contributed by atoms with van der Waals surface area (Å²) in [4.78, 5) is 8.65.